The number of amides is 3. The molecule has 4 aliphatic heterocycles. The van der Waals surface area contributed by atoms with Crippen LogP contribution < -0.4 is 5.32 Å². The van der Waals surface area contributed by atoms with Crippen molar-refractivity contribution in [2.45, 2.75) is 82.5 Å². The number of rotatable bonds is 2. The molecule has 1 saturated carbocycles. The van der Waals surface area contributed by atoms with Gasteiger partial charge in [-0.3, -0.25) is 4.79 Å². The lowest BCUT2D eigenvalue weighted by molar-refractivity contribution is -0.138. The molecule has 9 nitrogen and oxygen atoms in total. The zero-order valence-electron chi connectivity index (χ0n) is 21.8. The van der Waals surface area contributed by atoms with E-state index in [9.17, 15) is 19.2 Å². The average Bonchev–Trinajstić information content (AvgIpc) is 3.35. The van der Waals surface area contributed by atoms with Crippen molar-refractivity contribution in [3.05, 3.63) is 41.0 Å². The molecule has 2 fully saturated rings. The van der Waals surface area contributed by atoms with Gasteiger partial charge in [-0.25, -0.2) is 9.59 Å². The van der Waals surface area contributed by atoms with E-state index in [1.54, 1.807) is 4.90 Å². The predicted molar refractivity (Wildman–Crippen MR) is 140 cm³/mol. The van der Waals surface area contributed by atoms with Crippen LogP contribution in [0.2, 0.25) is 0 Å². The summed E-state index contributed by atoms with van der Waals surface area (Å²) >= 11 is 0. The Labute approximate surface area is 223 Å². The van der Waals surface area contributed by atoms with E-state index in [0.717, 1.165) is 62.4 Å². The zero-order valence-corrected chi connectivity index (χ0v) is 21.8. The lowest BCUT2D eigenvalue weighted by Gasteiger charge is -2.33. The van der Waals surface area contributed by atoms with Gasteiger partial charge < -0.3 is 29.4 Å². The lowest BCUT2D eigenvalue weighted by Crippen LogP contribution is -2.54. The molecule has 3 atom stereocenters. The van der Waals surface area contributed by atoms with Crippen molar-refractivity contribution >= 4 is 30.5 Å². The van der Waals surface area contributed by atoms with Gasteiger partial charge in [0, 0.05) is 19.5 Å². The molecule has 9 heteroatoms. The highest BCUT2D eigenvalue weighted by atomic mass is 16.6. The van der Waals surface area contributed by atoms with Gasteiger partial charge in [-0.15, -0.1) is 0 Å². The topological polar surface area (TPSA) is 105 Å². The van der Waals surface area contributed by atoms with Crippen LogP contribution in [0.3, 0.4) is 0 Å². The summed E-state index contributed by atoms with van der Waals surface area (Å²) in [4.78, 5) is 54.7. The number of ether oxygens (including phenoxy) is 2. The number of aldehydes is 1. The second-order valence-electron chi connectivity index (χ2n) is 10.8. The highest BCUT2D eigenvalue weighted by Gasteiger charge is 2.43. The molecule has 1 aromatic rings. The molecule has 0 aromatic heterocycles. The van der Waals surface area contributed by atoms with Gasteiger partial charge in [0.05, 0.1) is 19.2 Å². The predicted octanol–water partition coefficient (Wildman–Crippen LogP) is 3.83. The van der Waals surface area contributed by atoms with Gasteiger partial charge in [0.1, 0.15) is 18.4 Å². The molecule has 3 amide bonds. The van der Waals surface area contributed by atoms with Gasteiger partial charge in [-0.05, 0) is 54.7 Å². The van der Waals surface area contributed by atoms with Crippen LogP contribution in [0.5, 0.6) is 0 Å². The molecular formula is C29H37N3O6. The number of nitrogens with one attached hydrogen (secondary N) is 1. The quantitative estimate of drug-likeness (QED) is 0.591. The van der Waals surface area contributed by atoms with E-state index in [2.05, 4.69) is 23.5 Å². The SMILES string of the molecule is O=C[C@@H]1C[C@@H]2CN1C(=O)[C@H](C1CCCCC1)NC(=O)OCCC/C=C/c1cccc3c1CCN(C3)C(=O)O2. The van der Waals surface area contributed by atoms with Crippen molar-refractivity contribution in [3.8, 4) is 0 Å². The van der Waals surface area contributed by atoms with Crippen LogP contribution in [0.1, 0.15) is 68.1 Å². The van der Waals surface area contributed by atoms with Crippen molar-refractivity contribution in [1.29, 1.82) is 0 Å². The zero-order chi connectivity index (χ0) is 26.5. The summed E-state index contributed by atoms with van der Waals surface area (Å²) in [5.41, 5.74) is 3.46. The summed E-state index contributed by atoms with van der Waals surface area (Å²) in [5, 5.41) is 2.82. The molecule has 1 aromatic carbocycles. The summed E-state index contributed by atoms with van der Waals surface area (Å²) in [6.07, 6.45) is 10.4. The van der Waals surface area contributed by atoms with Crippen LogP contribution in [0.4, 0.5) is 9.59 Å². The van der Waals surface area contributed by atoms with Crippen LogP contribution in [0.15, 0.2) is 24.3 Å². The third-order valence-electron chi connectivity index (χ3n) is 8.28. The molecule has 0 spiro atoms. The second kappa shape index (κ2) is 12.0. The smallest absolute Gasteiger partial charge is 0.410 e. The van der Waals surface area contributed by atoms with Gasteiger partial charge in [0.25, 0.3) is 0 Å². The molecule has 4 heterocycles. The number of benzene rings is 1. The first-order valence-corrected chi connectivity index (χ1v) is 14.0. The Bertz CT molecular complexity index is 1080. The van der Waals surface area contributed by atoms with Crippen molar-refractivity contribution in [2.75, 3.05) is 19.7 Å². The first-order chi connectivity index (χ1) is 18.5. The van der Waals surface area contributed by atoms with Crippen molar-refractivity contribution < 1.29 is 28.7 Å². The van der Waals surface area contributed by atoms with E-state index in [4.69, 9.17) is 9.47 Å². The van der Waals surface area contributed by atoms with Gasteiger partial charge in [0.15, 0.2) is 0 Å². The van der Waals surface area contributed by atoms with E-state index < -0.39 is 30.4 Å². The number of carbonyl (C=O) groups excluding carboxylic acids is 4. The Balaban J connectivity index is 1.38. The molecule has 1 N–H and O–H groups in total. The first-order valence-electron chi connectivity index (χ1n) is 14.0. The number of allylic oxidation sites excluding steroid dienone is 1. The first kappa shape index (κ1) is 26.3. The lowest BCUT2D eigenvalue weighted by atomic mass is 9.83. The summed E-state index contributed by atoms with van der Waals surface area (Å²) in [6, 6.07) is 4.64. The molecule has 1 aliphatic carbocycles. The average molecular weight is 524 g/mol. The minimum atomic E-state index is -0.768. The number of alkyl carbamates (subject to hydrolysis) is 1. The van der Waals surface area contributed by atoms with Gasteiger partial charge in [-0.1, -0.05) is 49.6 Å². The number of carbonyl (C=O) groups is 4. The fourth-order valence-electron chi connectivity index (χ4n) is 6.23. The molecule has 5 aliphatic rings. The summed E-state index contributed by atoms with van der Waals surface area (Å²) in [6.45, 7) is 1.40. The molecule has 6 rings (SSSR count). The fourth-order valence-corrected chi connectivity index (χ4v) is 6.23. The van der Waals surface area contributed by atoms with Crippen molar-refractivity contribution in [3.63, 3.8) is 0 Å². The molecule has 0 radical (unpaired) electrons. The van der Waals surface area contributed by atoms with Crippen LogP contribution in [-0.2, 0) is 32.0 Å². The minimum absolute atomic E-state index is 0.0185. The van der Waals surface area contributed by atoms with E-state index >= 15 is 0 Å². The molecular weight excluding hydrogens is 486 g/mol. The molecule has 204 valence electrons. The fraction of sp³-hybridized carbons (Fsp3) is 0.586. The van der Waals surface area contributed by atoms with E-state index in [-0.39, 0.29) is 31.4 Å². The Morgan fingerprint density at radius 2 is 1.89 bits per heavy atom. The van der Waals surface area contributed by atoms with Crippen molar-refractivity contribution in [1.82, 2.24) is 15.1 Å². The van der Waals surface area contributed by atoms with E-state index in [1.807, 2.05) is 12.1 Å². The number of fused-ring (bicyclic) bond motifs is 10. The summed E-state index contributed by atoms with van der Waals surface area (Å²) in [5.74, 6) is -0.323. The van der Waals surface area contributed by atoms with Crippen LogP contribution in [-0.4, -0.2) is 72.1 Å². The highest BCUT2D eigenvalue weighted by molar-refractivity contribution is 5.88. The normalized spacial score (nSPS) is 28.3. The summed E-state index contributed by atoms with van der Waals surface area (Å²) < 4.78 is 11.3. The maximum Gasteiger partial charge on any atom is 0.410 e. The van der Waals surface area contributed by atoms with Gasteiger partial charge in [0.2, 0.25) is 5.91 Å². The molecule has 6 bridgehead atoms. The third kappa shape index (κ3) is 5.87. The van der Waals surface area contributed by atoms with Crippen LogP contribution in [0, 0.1) is 5.92 Å². The van der Waals surface area contributed by atoms with Crippen LogP contribution in [0.25, 0.3) is 6.08 Å². The maximum absolute atomic E-state index is 13.7. The molecule has 1 saturated heterocycles. The Kier molecular flexibility index (Phi) is 8.29. The maximum atomic E-state index is 13.7. The van der Waals surface area contributed by atoms with Gasteiger partial charge >= 0.3 is 12.2 Å². The third-order valence-corrected chi connectivity index (χ3v) is 8.28. The van der Waals surface area contributed by atoms with E-state index in [1.165, 1.54) is 10.5 Å². The van der Waals surface area contributed by atoms with Gasteiger partial charge in [-0.2, -0.15) is 0 Å². The Morgan fingerprint density at radius 3 is 2.71 bits per heavy atom. The largest absolute Gasteiger partial charge is 0.450 e. The van der Waals surface area contributed by atoms with E-state index in [0.29, 0.717) is 19.5 Å². The number of hydrogen-bond acceptors (Lipinski definition) is 6. The van der Waals surface area contributed by atoms with Crippen LogP contribution >= 0.6 is 0 Å². The molecule has 38 heavy (non-hydrogen) atoms. The standard InChI is InChI=1S/C29H37N3O6/c33-19-23-16-24-18-32(23)27(34)26(21-9-3-1-4-10-21)30-28(35)37-15-6-2-5-8-20-11-7-12-22-17-31(29(36)38-24)14-13-25(20)22/h5,7-8,11-12,19,21,23-24,26H,1-4,6,9-10,13-18H2,(H,30,35)/b8-5+/t23-,24+,26-/m0/s1. The number of hydrogen-bond donors (Lipinski definition) is 1. The van der Waals surface area contributed by atoms with Crippen molar-refractivity contribution in [2.24, 2.45) is 5.92 Å². The number of nitrogens with zero attached hydrogens (tertiary/aromatic N) is 2. The summed E-state index contributed by atoms with van der Waals surface area (Å²) in [7, 11) is 0. The highest BCUT2D eigenvalue weighted by Crippen LogP contribution is 2.30. The second-order valence-corrected chi connectivity index (χ2v) is 10.8. The Morgan fingerprint density at radius 1 is 1.05 bits per heavy atom. The Hall–Kier alpha value is -3.36. The molecule has 0 unspecified atom stereocenters. The monoisotopic (exact) mass is 523 g/mol. The minimum Gasteiger partial charge on any atom is -0.450 e.